The molecule has 0 aromatic heterocycles. The number of anilines is 1. The predicted octanol–water partition coefficient (Wildman–Crippen LogP) is 7.12. The van der Waals surface area contributed by atoms with Crippen LogP contribution in [-0.4, -0.2) is 25.4 Å². The number of unbranched alkanes of at least 4 members (excludes halogenated alkanes) is 2. The van der Waals surface area contributed by atoms with Crippen molar-refractivity contribution < 1.29 is 19.1 Å². The van der Waals surface area contributed by atoms with E-state index >= 15 is 0 Å². The monoisotopic (exact) mass is 493 g/mol. The van der Waals surface area contributed by atoms with Gasteiger partial charge in [-0.3, -0.25) is 14.5 Å². The molecule has 0 spiro atoms. The second-order valence-corrected chi connectivity index (χ2v) is 8.66. The number of amides is 2. The van der Waals surface area contributed by atoms with Crippen molar-refractivity contribution in [2.45, 2.75) is 59.8 Å². The number of benzene rings is 2. The molecule has 0 aliphatic rings. The number of hydrogen-bond acceptors (Lipinski definition) is 4. The summed E-state index contributed by atoms with van der Waals surface area (Å²) in [4.78, 5) is 38.3. The van der Waals surface area contributed by atoms with Gasteiger partial charge in [0.25, 0.3) is 0 Å². The van der Waals surface area contributed by atoms with Crippen LogP contribution in [0.3, 0.4) is 0 Å². The molecule has 0 aliphatic carbocycles. The fraction of sp³-hybridized carbons (Fsp3) is 0.423. The van der Waals surface area contributed by atoms with Crippen LogP contribution in [0.4, 0.5) is 5.69 Å². The lowest BCUT2D eigenvalue weighted by Gasteiger charge is -2.32. The van der Waals surface area contributed by atoms with Gasteiger partial charge in [0.1, 0.15) is 0 Å². The molecule has 1 unspecified atom stereocenters. The van der Waals surface area contributed by atoms with Crippen LogP contribution in [0.5, 0.6) is 0 Å². The number of esters is 1. The molecular formula is C26H33Cl2NO4. The molecule has 0 saturated carbocycles. The van der Waals surface area contributed by atoms with Crippen LogP contribution in [0.1, 0.15) is 69.3 Å². The van der Waals surface area contributed by atoms with E-state index in [1.165, 1.54) is 19.2 Å². The molecule has 2 rings (SSSR count). The lowest BCUT2D eigenvalue weighted by atomic mass is 9.77. The van der Waals surface area contributed by atoms with E-state index in [1.54, 1.807) is 30.3 Å². The lowest BCUT2D eigenvalue weighted by Crippen LogP contribution is -2.43. The van der Waals surface area contributed by atoms with Crippen molar-refractivity contribution in [1.82, 2.24) is 0 Å². The molecule has 0 saturated heterocycles. The van der Waals surface area contributed by atoms with Gasteiger partial charge in [0.15, 0.2) is 0 Å². The highest BCUT2D eigenvalue weighted by Crippen LogP contribution is 2.34. The molecular weight excluding hydrogens is 461 g/mol. The summed E-state index contributed by atoms with van der Waals surface area (Å²) in [5.74, 6) is -0.743. The number of methoxy groups -OCH3 is 1. The molecule has 0 heterocycles. The van der Waals surface area contributed by atoms with Gasteiger partial charge in [-0.2, -0.15) is 0 Å². The van der Waals surface area contributed by atoms with Gasteiger partial charge in [-0.25, -0.2) is 4.79 Å². The third-order valence-electron chi connectivity index (χ3n) is 5.27. The van der Waals surface area contributed by atoms with E-state index < -0.39 is 11.4 Å². The molecule has 1 atom stereocenters. The molecule has 7 heteroatoms. The van der Waals surface area contributed by atoms with Gasteiger partial charge in [0.05, 0.1) is 23.8 Å². The number of hydrogen-bond donors (Lipinski definition) is 0. The third-order valence-corrected chi connectivity index (χ3v) is 5.70. The van der Waals surface area contributed by atoms with E-state index in [1.807, 2.05) is 20.8 Å². The van der Waals surface area contributed by atoms with Crippen molar-refractivity contribution in [2.75, 3.05) is 12.0 Å². The largest absolute Gasteiger partial charge is 0.465 e. The fourth-order valence-electron chi connectivity index (χ4n) is 3.56. The van der Waals surface area contributed by atoms with Crippen LogP contribution >= 0.6 is 23.2 Å². The summed E-state index contributed by atoms with van der Waals surface area (Å²) in [6.45, 7) is 7.96. The second kappa shape index (κ2) is 14.0. The van der Waals surface area contributed by atoms with E-state index in [0.29, 0.717) is 40.5 Å². The van der Waals surface area contributed by atoms with Gasteiger partial charge in [-0.05, 0) is 48.7 Å². The van der Waals surface area contributed by atoms with Crippen molar-refractivity contribution in [1.29, 1.82) is 0 Å². The Balaban J connectivity index is 0.00000265. The van der Waals surface area contributed by atoms with Crippen LogP contribution in [-0.2, 0) is 20.7 Å². The van der Waals surface area contributed by atoms with Crippen LogP contribution in [0.15, 0.2) is 42.5 Å². The van der Waals surface area contributed by atoms with Gasteiger partial charge in [-0.15, -0.1) is 0 Å². The first kappa shape index (κ1) is 28.7. The van der Waals surface area contributed by atoms with Crippen LogP contribution in [0.2, 0.25) is 10.0 Å². The van der Waals surface area contributed by atoms with Crippen molar-refractivity contribution in [3.05, 3.63) is 63.6 Å². The first-order valence-corrected chi connectivity index (χ1v) is 11.9. The lowest BCUT2D eigenvalue weighted by molar-refractivity contribution is -0.130. The summed E-state index contributed by atoms with van der Waals surface area (Å²) >= 11 is 12.2. The van der Waals surface area contributed by atoms with Gasteiger partial charge in [0, 0.05) is 10.0 Å². The zero-order valence-electron chi connectivity index (χ0n) is 20.0. The molecule has 33 heavy (non-hydrogen) atoms. The first-order valence-electron chi connectivity index (χ1n) is 11.2. The van der Waals surface area contributed by atoms with E-state index in [0.717, 1.165) is 29.7 Å². The predicted molar refractivity (Wildman–Crippen MR) is 135 cm³/mol. The number of ether oxygens (including phenoxy) is 1. The van der Waals surface area contributed by atoms with Crippen molar-refractivity contribution >= 4 is 47.2 Å². The Morgan fingerprint density at radius 3 is 2.09 bits per heavy atom. The van der Waals surface area contributed by atoms with Gasteiger partial charge < -0.3 is 4.74 Å². The maximum atomic E-state index is 13.6. The number of imide groups is 1. The molecule has 2 aromatic rings. The minimum absolute atomic E-state index is 0.325. The van der Waals surface area contributed by atoms with E-state index in [9.17, 15) is 14.4 Å². The number of carbonyl (C=O) groups excluding carboxylic acids is 3. The molecule has 2 aromatic carbocycles. The summed E-state index contributed by atoms with van der Waals surface area (Å²) in [5, 5.41) is 0.682. The highest BCUT2D eigenvalue weighted by atomic mass is 35.5. The Morgan fingerprint density at radius 2 is 1.61 bits per heavy atom. The number of nitrogens with zero attached hydrogens (tertiary/aromatic N) is 1. The van der Waals surface area contributed by atoms with Gasteiger partial charge >= 0.3 is 5.97 Å². The normalized spacial score (nSPS) is 12.1. The topological polar surface area (TPSA) is 63.7 Å². The number of rotatable bonds is 10. The minimum Gasteiger partial charge on any atom is -0.465 e. The maximum absolute atomic E-state index is 13.6. The molecule has 0 N–H and O–H groups in total. The first-order chi connectivity index (χ1) is 15.7. The smallest absolute Gasteiger partial charge is 0.337 e. The van der Waals surface area contributed by atoms with Crippen molar-refractivity contribution in [2.24, 2.45) is 5.41 Å². The van der Waals surface area contributed by atoms with Gasteiger partial charge in [0.2, 0.25) is 12.3 Å². The van der Waals surface area contributed by atoms with E-state index in [4.69, 9.17) is 27.9 Å². The molecule has 180 valence electrons. The third kappa shape index (κ3) is 8.17. The summed E-state index contributed by atoms with van der Waals surface area (Å²) in [7, 11) is 1.33. The average molecular weight is 494 g/mol. The van der Waals surface area contributed by atoms with Gasteiger partial charge in [-0.1, -0.05) is 82.3 Å². The molecule has 5 nitrogen and oxygen atoms in total. The second-order valence-electron chi connectivity index (χ2n) is 7.79. The Morgan fingerprint density at radius 1 is 1.03 bits per heavy atom. The maximum Gasteiger partial charge on any atom is 0.337 e. The molecule has 0 fully saturated rings. The van der Waals surface area contributed by atoms with Crippen LogP contribution < -0.4 is 4.90 Å². The summed E-state index contributed by atoms with van der Waals surface area (Å²) in [6.07, 6.45) is 4.37. The highest BCUT2D eigenvalue weighted by molar-refractivity contribution is 6.35. The summed E-state index contributed by atoms with van der Waals surface area (Å²) in [5.41, 5.74) is 0.820. The van der Waals surface area contributed by atoms with E-state index in [2.05, 4.69) is 6.92 Å². The minimum atomic E-state index is -0.836. The number of carbonyl (C=O) groups is 3. The molecule has 0 bridgehead atoms. The van der Waals surface area contributed by atoms with Crippen LogP contribution in [0, 0.1) is 5.41 Å². The summed E-state index contributed by atoms with van der Waals surface area (Å²) < 4.78 is 4.73. The number of halogens is 2. The van der Waals surface area contributed by atoms with Crippen LogP contribution in [0.25, 0.3) is 0 Å². The zero-order valence-corrected chi connectivity index (χ0v) is 21.5. The Hall–Kier alpha value is -2.37. The summed E-state index contributed by atoms with van der Waals surface area (Å²) in [6, 6.07) is 11.6. The van der Waals surface area contributed by atoms with Crippen molar-refractivity contribution in [3.63, 3.8) is 0 Å². The Kier molecular flexibility index (Phi) is 12.2. The fourth-order valence-corrected chi connectivity index (χ4v) is 4.07. The molecule has 0 radical (unpaired) electrons. The van der Waals surface area contributed by atoms with Crippen molar-refractivity contribution in [3.8, 4) is 0 Å². The average Bonchev–Trinajstić information content (AvgIpc) is 2.80. The standard InChI is InChI=1S/C24H27Cl2NO4.C2H6/c1-4-5-6-11-24(2,15-17-7-9-18(10-8-17)22(29)31-3)23(30)27(16-28)21-13-19(25)12-20(26)14-21;1-2/h7-10,12-14,16H,4-6,11,15H2,1-3H3;1-2H3. The molecule has 2 amide bonds. The highest BCUT2D eigenvalue weighted by Gasteiger charge is 2.37. The Labute approximate surface area is 207 Å². The molecule has 0 aliphatic heterocycles. The quantitative estimate of drug-likeness (QED) is 0.200. The van der Waals surface area contributed by atoms with E-state index in [-0.39, 0.29) is 5.91 Å². The Bertz CT molecular complexity index is 910. The zero-order chi connectivity index (χ0) is 25.0. The SMILES string of the molecule is CC.CCCCCC(C)(Cc1ccc(C(=O)OC)cc1)C(=O)N(C=O)c1cc(Cl)cc(Cl)c1.